The summed E-state index contributed by atoms with van der Waals surface area (Å²) in [4.78, 5) is 33.6. The van der Waals surface area contributed by atoms with Gasteiger partial charge >= 0.3 is 5.97 Å². The van der Waals surface area contributed by atoms with Gasteiger partial charge in [0.05, 0.1) is 31.2 Å². The summed E-state index contributed by atoms with van der Waals surface area (Å²) in [7, 11) is 1.67. The molecule has 7 nitrogen and oxygen atoms in total. The Hall–Kier alpha value is -4.01. The number of hydrogen-bond donors (Lipinski definition) is 1. The molecule has 1 fully saturated rings. The van der Waals surface area contributed by atoms with Crippen molar-refractivity contribution in [3.05, 3.63) is 89.8 Å². The molecule has 0 bridgehead atoms. The summed E-state index contributed by atoms with van der Waals surface area (Å²) in [5.41, 5.74) is 6.02. The highest BCUT2D eigenvalue weighted by atomic mass is 32.1. The SMILES string of the molecule is CN(C(=O)[C@@H](CC(=O)O)Cc1ccccc1)c1nc(-c2ccccc2-c2ccc(N3CCOCC3)cc2)cs1. The van der Waals surface area contributed by atoms with Gasteiger partial charge in [0.2, 0.25) is 5.91 Å². The van der Waals surface area contributed by atoms with Crippen LogP contribution in [-0.2, 0) is 20.7 Å². The lowest BCUT2D eigenvalue weighted by Crippen LogP contribution is -2.36. The van der Waals surface area contributed by atoms with Crippen molar-refractivity contribution in [2.45, 2.75) is 12.8 Å². The van der Waals surface area contributed by atoms with Gasteiger partial charge in [0.25, 0.3) is 0 Å². The van der Waals surface area contributed by atoms with Crippen molar-refractivity contribution in [2.24, 2.45) is 5.92 Å². The zero-order valence-electron chi connectivity index (χ0n) is 21.8. The minimum Gasteiger partial charge on any atom is -0.481 e. The Kier molecular flexibility index (Phi) is 8.34. The number of rotatable bonds is 9. The van der Waals surface area contributed by atoms with Crippen LogP contribution in [0.1, 0.15) is 12.0 Å². The third kappa shape index (κ3) is 6.35. The third-order valence-electron chi connectivity index (χ3n) is 6.96. The molecule has 39 heavy (non-hydrogen) atoms. The number of carbonyl (C=O) groups is 2. The van der Waals surface area contributed by atoms with Crippen LogP contribution in [0.2, 0.25) is 0 Å². The number of amides is 1. The molecule has 1 aliphatic heterocycles. The monoisotopic (exact) mass is 541 g/mol. The van der Waals surface area contributed by atoms with Crippen LogP contribution in [0.15, 0.2) is 84.2 Å². The molecule has 0 spiro atoms. The van der Waals surface area contributed by atoms with Crippen molar-refractivity contribution in [1.29, 1.82) is 0 Å². The highest BCUT2D eigenvalue weighted by Gasteiger charge is 2.27. The minimum absolute atomic E-state index is 0.237. The van der Waals surface area contributed by atoms with E-state index in [1.54, 1.807) is 7.05 Å². The van der Waals surface area contributed by atoms with Crippen LogP contribution in [0.3, 0.4) is 0 Å². The largest absolute Gasteiger partial charge is 0.481 e. The molecule has 5 rings (SSSR count). The van der Waals surface area contributed by atoms with Gasteiger partial charge in [-0.3, -0.25) is 14.5 Å². The predicted molar refractivity (Wildman–Crippen MR) is 155 cm³/mol. The van der Waals surface area contributed by atoms with E-state index in [2.05, 4.69) is 35.2 Å². The van der Waals surface area contributed by atoms with Gasteiger partial charge in [-0.15, -0.1) is 11.3 Å². The van der Waals surface area contributed by atoms with Crippen LogP contribution in [0, 0.1) is 5.92 Å². The van der Waals surface area contributed by atoms with E-state index in [4.69, 9.17) is 9.72 Å². The second-order valence-corrected chi connectivity index (χ2v) is 10.4. The normalized spacial score (nSPS) is 14.1. The van der Waals surface area contributed by atoms with E-state index in [0.717, 1.165) is 54.3 Å². The number of aromatic nitrogens is 1. The Morgan fingerprint density at radius 3 is 2.33 bits per heavy atom. The lowest BCUT2D eigenvalue weighted by molar-refractivity contribution is -0.140. The number of nitrogens with zero attached hydrogens (tertiary/aromatic N) is 3. The van der Waals surface area contributed by atoms with Crippen molar-refractivity contribution in [1.82, 2.24) is 4.98 Å². The molecule has 200 valence electrons. The molecule has 0 unspecified atom stereocenters. The Balaban J connectivity index is 1.36. The van der Waals surface area contributed by atoms with Crippen LogP contribution in [-0.4, -0.2) is 55.3 Å². The zero-order chi connectivity index (χ0) is 27.2. The van der Waals surface area contributed by atoms with Gasteiger partial charge < -0.3 is 14.7 Å². The van der Waals surface area contributed by atoms with Gasteiger partial charge in [0.1, 0.15) is 0 Å². The smallest absolute Gasteiger partial charge is 0.304 e. The Bertz CT molecular complexity index is 1420. The van der Waals surface area contributed by atoms with Crippen molar-refractivity contribution in [2.75, 3.05) is 43.2 Å². The molecule has 4 aromatic rings. The zero-order valence-corrected chi connectivity index (χ0v) is 22.6. The molecule has 0 aliphatic carbocycles. The van der Waals surface area contributed by atoms with E-state index >= 15 is 0 Å². The summed E-state index contributed by atoms with van der Waals surface area (Å²) < 4.78 is 5.47. The van der Waals surface area contributed by atoms with Crippen molar-refractivity contribution < 1.29 is 19.4 Å². The van der Waals surface area contributed by atoms with Gasteiger partial charge in [-0.05, 0) is 35.2 Å². The summed E-state index contributed by atoms with van der Waals surface area (Å²) in [6, 6.07) is 26.2. The third-order valence-corrected chi connectivity index (χ3v) is 7.88. The van der Waals surface area contributed by atoms with Crippen LogP contribution in [0.4, 0.5) is 10.8 Å². The first-order valence-electron chi connectivity index (χ1n) is 13.0. The summed E-state index contributed by atoms with van der Waals surface area (Å²) in [5.74, 6) is -1.93. The number of hydrogen-bond acceptors (Lipinski definition) is 6. The van der Waals surface area contributed by atoms with E-state index < -0.39 is 11.9 Å². The van der Waals surface area contributed by atoms with Crippen LogP contribution in [0.25, 0.3) is 22.4 Å². The molecular weight excluding hydrogens is 510 g/mol. The second-order valence-electron chi connectivity index (χ2n) is 9.59. The highest BCUT2D eigenvalue weighted by molar-refractivity contribution is 7.14. The number of anilines is 2. The van der Waals surface area contributed by atoms with Crippen LogP contribution in [0.5, 0.6) is 0 Å². The van der Waals surface area contributed by atoms with Crippen molar-refractivity contribution >= 4 is 34.0 Å². The van der Waals surface area contributed by atoms with Gasteiger partial charge in [0.15, 0.2) is 5.13 Å². The highest BCUT2D eigenvalue weighted by Crippen LogP contribution is 2.35. The van der Waals surface area contributed by atoms with Crippen LogP contribution < -0.4 is 9.80 Å². The molecule has 8 heteroatoms. The molecule has 1 saturated heterocycles. The van der Waals surface area contributed by atoms with Crippen molar-refractivity contribution in [3.8, 4) is 22.4 Å². The maximum atomic E-state index is 13.4. The fourth-order valence-corrected chi connectivity index (χ4v) is 5.69. The molecule has 0 radical (unpaired) electrons. The molecule has 0 saturated carbocycles. The lowest BCUT2D eigenvalue weighted by Gasteiger charge is -2.29. The summed E-state index contributed by atoms with van der Waals surface area (Å²) in [6.45, 7) is 3.28. The Morgan fingerprint density at radius 1 is 0.974 bits per heavy atom. The standard InChI is InChI=1S/C31H31N3O4S/c1-33(30(37)24(20-29(35)36)19-22-7-3-2-4-8-22)31-32-28(21-39-31)27-10-6-5-9-26(27)23-11-13-25(14-12-23)34-15-17-38-18-16-34/h2-14,21,24H,15-20H2,1H3,(H,35,36)/t24-/m1/s1. The number of ether oxygens (including phenoxy) is 1. The molecule has 1 atom stereocenters. The lowest BCUT2D eigenvalue weighted by atomic mass is 9.95. The number of benzene rings is 3. The number of aliphatic carboxylic acids is 1. The first-order valence-corrected chi connectivity index (χ1v) is 13.9. The first-order chi connectivity index (χ1) is 19.0. The average molecular weight is 542 g/mol. The molecule has 1 amide bonds. The van der Waals surface area contributed by atoms with E-state index in [1.165, 1.54) is 21.9 Å². The fraction of sp³-hybridized carbons (Fsp3) is 0.258. The average Bonchev–Trinajstić information content (AvgIpc) is 3.47. The summed E-state index contributed by atoms with van der Waals surface area (Å²) >= 11 is 1.38. The van der Waals surface area contributed by atoms with Crippen LogP contribution >= 0.6 is 11.3 Å². The first kappa shape index (κ1) is 26.6. The van der Waals surface area contributed by atoms with E-state index in [-0.39, 0.29) is 12.3 Å². The molecule has 1 aromatic heterocycles. The Morgan fingerprint density at radius 2 is 1.64 bits per heavy atom. The maximum Gasteiger partial charge on any atom is 0.304 e. The summed E-state index contributed by atoms with van der Waals surface area (Å²) in [5, 5.41) is 11.9. The molecule has 1 N–H and O–H groups in total. The Labute approximate surface area is 232 Å². The van der Waals surface area contributed by atoms with E-state index in [0.29, 0.717) is 11.6 Å². The molecule has 3 aromatic carbocycles. The minimum atomic E-state index is -0.994. The molecule has 2 heterocycles. The van der Waals surface area contributed by atoms with Gasteiger partial charge in [-0.2, -0.15) is 0 Å². The summed E-state index contributed by atoms with van der Waals surface area (Å²) in [6.07, 6.45) is 0.122. The topological polar surface area (TPSA) is 83.0 Å². The second kappa shape index (κ2) is 12.2. The number of morpholine rings is 1. The van der Waals surface area contributed by atoms with Crippen molar-refractivity contribution in [3.63, 3.8) is 0 Å². The van der Waals surface area contributed by atoms with Gasteiger partial charge in [-0.25, -0.2) is 4.98 Å². The maximum absolute atomic E-state index is 13.4. The number of thiazole rings is 1. The number of carboxylic acid groups (broad SMARTS) is 1. The molecule has 1 aliphatic rings. The predicted octanol–water partition coefficient (Wildman–Crippen LogP) is 5.61. The number of carboxylic acids is 1. The van der Waals surface area contributed by atoms with E-state index in [1.807, 2.05) is 53.9 Å². The fourth-order valence-electron chi connectivity index (χ4n) is 4.90. The number of carbonyl (C=O) groups excluding carboxylic acids is 1. The van der Waals surface area contributed by atoms with E-state index in [9.17, 15) is 14.7 Å². The van der Waals surface area contributed by atoms with Gasteiger partial charge in [-0.1, -0.05) is 66.7 Å². The quantitative estimate of drug-likeness (QED) is 0.297. The molecular formula is C31H31N3O4S. The van der Waals surface area contributed by atoms with Gasteiger partial charge in [0, 0.05) is 36.8 Å².